The smallest absolute Gasteiger partial charge is 0.323 e. The quantitative estimate of drug-likeness (QED) is 0.505. The van der Waals surface area contributed by atoms with Crippen LogP contribution < -0.4 is 5.73 Å². The average molecular weight is 147 g/mol. The largest absolute Gasteiger partial charge is 0.480 e. The van der Waals surface area contributed by atoms with Crippen molar-refractivity contribution in [3.63, 3.8) is 0 Å². The highest BCUT2D eigenvalue weighted by Crippen LogP contribution is 2.11. The summed E-state index contributed by atoms with van der Waals surface area (Å²) in [4.78, 5) is 10.2. The normalized spacial score (nSPS) is 19.6. The predicted octanol–water partition coefficient (Wildman–Crippen LogP) is -0.441. The summed E-state index contributed by atoms with van der Waals surface area (Å²) in [7, 11) is 0. The van der Waals surface area contributed by atoms with Crippen LogP contribution in [-0.2, 0) is 4.79 Å². The number of nitrogens with two attached hydrogens (primary N) is 1. The first kappa shape index (κ1) is 9.39. The summed E-state index contributed by atoms with van der Waals surface area (Å²) in [6, 6.07) is -1.20. The van der Waals surface area contributed by atoms with Gasteiger partial charge in [0, 0.05) is 0 Å². The Balaban J connectivity index is 4.17. The van der Waals surface area contributed by atoms with Crippen LogP contribution in [-0.4, -0.2) is 27.8 Å². The maximum absolute atomic E-state index is 10.2. The van der Waals surface area contributed by atoms with Gasteiger partial charge in [0.25, 0.3) is 0 Å². The maximum atomic E-state index is 10.2. The van der Waals surface area contributed by atoms with Gasteiger partial charge in [-0.1, -0.05) is 6.92 Å². The highest BCUT2D eigenvalue weighted by molar-refractivity contribution is 5.74. The molecule has 0 aromatic rings. The van der Waals surface area contributed by atoms with Crippen LogP contribution in [0.4, 0.5) is 0 Å². The minimum Gasteiger partial charge on any atom is -0.480 e. The van der Waals surface area contributed by atoms with Crippen molar-refractivity contribution >= 4 is 5.97 Å². The molecule has 2 unspecified atom stereocenters. The Morgan fingerprint density at radius 1 is 1.80 bits per heavy atom. The molecule has 60 valence electrons. The van der Waals surface area contributed by atoms with Gasteiger partial charge in [-0.15, -0.1) is 0 Å². The Hall–Kier alpha value is -0.610. The second kappa shape index (κ2) is 2.98. The van der Waals surface area contributed by atoms with Crippen molar-refractivity contribution in [3.8, 4) is 0 Å². The second-order valence-electron chi connectivity index (χ2n) is 2.53. The van der Waals surface area contributed by atoms with E-state index in [1.807, 2.05) is 0 Å². The van der Waals surface area contributed by atoms with E-state index in [4.69, 9.17) is 10.8 Å². The average Bonchev–Trinajstić information content (AvgIpc) is 1.86. The molecule has 10 heavy (non-hydrogen) atoms. The molecule has 4 N–H and O–H groups in total. The standard InChI is InChI=1S/C6H13NO3/c1-3-6(2,10)4(7)5(8)9/h4,10H,3,7H2,1-2H3,(H,8,9). The molecule has 2 atom stereocenters. The molecule has 0 amide bonds. The van der Waals surface area contributed by atoms with Crippen LogP contribution in [0.3, 0.4) is 0 Å². The zero-order valence-corrected chi connectivity index (χ0v) is 6.16. The number of aliphatic carboxylic acids is 1. The third kappa shape index (κ3) is 1.97. The molecule has 0 fully saturated rings. The van der Waals surface area contributed by atoms with E-state index in [-0.39, 0.29) is 0 Å². The zero-order chi connectivity index (χ0) is 8.36. The summed E-state index contributed by atoms with van der Waals surface area (Å²) in [6.45, 7) is 3.09. The summed E-state index contributed by atoms with van der Waals surface area (Å²) >= 11 is 0. The zero-order valence-electron chi connectivity index (χ0n) is 6.16. The fourth-order valence-corrected chi connectivity index (χ4v) is 0.486. The Kier molecular flexibility index (Phi) is 2.80. The first-order valence-corrected chi connectivity index (χ1v) is 3.12. The number of rotatable bonds is 3. The van der Waals surface area contributed by atoms with Crippen molar-refractivity contribution < 1.29 is 15.0 Å². The molecule has 0 saturated carbocycles. The van der Waals surface area contributed by atoms with Gasteiger partial charge in [0.2, 0.25) is 0 Å². The van der Waals surface area contributed by atoms with Gasteiger partial charge < -0.3 is 15.9 Å². The van der Waals surface area contributed by atoms with Crippen LogP contribution in [0.2, 0.25) is 0 Å². The lowest BCUT2D eigenvalue weighted by Crippen LogP contribution is -2.50. The van der Waals surface area contributed by atoms with Crippen LogP contribution >= 0.6 is 0 Å². The van der Waals surface area contributed by atoms with E-state index in [1.165, 1.54) is 6.92 Å². The molecular weight excluding hydrogens is 134 g/mol. The maximum Gasteiger partial charge on any atom is 0.323 e. The molecular formula is C6H13NO3. The fraction of sp³-hybridized carbons (Fsp3) is 0.833. The van der Waals surface area contributed by atoms with Crippen molar-refractivity contribution in [1.29, 1.82) is 0 Å². The molecule has 4 heteroatoms. The van der Waals surface area contributed by atoms with E-state index in [2.05, 4.69) is 0 Å². The van der Waals surface area contributed by atoms with Crippen molar-refractivity contribution in [2.75, 3.05) is 0 Å². The molecule has 0 radical (unpaired) electrons. The molecule has 0 aliphatic rings. The molecule has 0 aromatic carbocycles. The molecule has 0 rings (SSSR count). The number of hydrogen-bond donors (Lipinski definition) is 3. The second-order valence-corrected chi connectivity index (χ2v) is 2.53. The van der Waals surface area contributed by atoms with Crippen molar-refractivity contribution in [2.45, 2.75) is 31.9 Å². The monoisotopic (exact) mass is 147 g/mol. The Labute approximate surface area is 59.7 Å². The van der Waals surface area contributed by atoms with Crippen molar-refractivity contribution in [3.05, 3.63) is 0 Å². The molecule has 0 spiro atoms. The van der Waals surface area contributed by atoms with Gasteiger partial charge in [0.15, 0.2) is 0 Å². The van der Waals surface area contributed by atoms with Gasteiger partial charge in [0.1, 0.15) is 6.04 Å². The lowest BCUT2D eigenvalue weighted by atomic mass is 9.95. The highest BCUT2D eigenvalue weighted by Gasteiger charge is 2.32. The van der Waals surface area contributed by atoms with E-state index in [9.17, 15) is 9.90 Å². The molecule has 0 aliphatic heterocycles. The van der Waals surface area contributed by atoms with E-state index < -0.39 is 17.6 Å². The van der Waals surface area contributed by atoms with Crippen LogP contribution in [0.15, 0.2) is 0 Å². The first-order valence-electron chi connectivity index (χ1n) is 3.12. The number of carboxylic acid groups (broad SMARTS) is 1. The molecule has 0 heterocycles. The van der Waals surface area contributed by atoms with E-state index in [0.29, 0.717) is 6.42 Å². The Bertz CT molecular complexity index is 133. The summed E-state index contributed by atoms with van der Waals surface area (Å²) < 4.78 is 0. The van der Waals surface area contributed by atoms with Gasteiger partial charge in [0.05, 0.1) is 5.60 Å². The Morgan fingerprint density at radius 2 is 2.20 bits per heavy atom. The van der Waals surface area contributed by atoms with Gasteiger partial charge >= 0.3 is 5.97 Å². The minimum absolute atomic E-state index is 0.334. The molecule has 0 bridgehead atoms. The molecule has 4 nitrogen and oxygen atoms in total. The third-order valence-corrected chi connectivity index (χ3v) is 1.65. The van der Waals surface area contributed by atoms with Gasteiger partial charge in [-0.25, -0.2) is 0 Å². The van der Waals surface area contributed by atoms with Gasteiger partial charge in [-0.2, -0.15) is 0 Å². The molecule has 0 aromatic heterocycles. The Morgan fingerprint density at radius 3 is 2.30 bits per heavy atom. The van der Waals surface area contributed by atoms with Crippen LogP contribution in [0.1, 0.15) is 20.3 Å². The van der Waals surface area contributed by atoms with Crippen LogP contribution in [0, 0.1) is 0 Å². The molecule has 0 aliphatic carbocycles. The predicted molar refractivity (Wildman–Crippen MR) is 36.5 cm³/mol. The number of aliphatic hydroxyl groups is 1. The third-order valence-electron chi connectivity index (χ3n) is 1.65. The minimum atomic E-state index is -1.30. The number of carbonyl (C=O) groups is 1. The van der Waals surface area contributed by atoms with Crippen molar-refractivity contribution in [2.24, 2.45) is 5.73 Å². The van der Waals surface area contributed by atoms with Gasteiger partial charge in [-0.05, 0) is 13.3 Å². The fourth-order valence-electron chi connectivity index (χ4n) is 0.486. The van der Waals surface area contributed by atoms with E-state index in [1.54, 1.807) is 6.92 Å². The number of carboxylic acids is 1. The lowest BCUT2D eigenvalue weighted by Gasteiger charge is -2.24. The van der Waals surface area contributed by atoms with Gasteiger partial charge in [-0.3, -0.25) is 4.79 Å². The summed E-state index contributed by atoms with van der Waals surface area (Å²) in [5.74, 6) is -1.17. The lowest BCUT2D eigenvalue weighted by molar-refractivity contribution is -0.144. The SMILES string of the molecule is CCC(C)(O)C(N)C(=O)O. The summed E-state index contributed by atoms with van der Waals surface area (Å²) in [6.07, 6.45) is 0.334. The van der Waals surface area contributed by atoms with E-state index >= 15 is 0 Å². The first-order chi connectivity index (χ1) is 4.41. The summed E-state index contributed by atoms with van der Waals surface area (Å²) in [5.41, 5.74) is 3.86. The van der Waals surface area contributed by atoms with Crippen molar-refractivity contribution in [1.82, 2.24) is 0 Å². The number of hydrogen-bond acceptors (Lipinski definition) is 3. The molecule has 0 saturated heterocycles. The highest BCUT2D eigenvalue weighted by atomic mass is 16.4. The van der Waals surface area contributed by atoms with Crippen LogP contribution in [0.5, 0.6) is 0 Å². The summed E-state index contributed by atoms with van der Waals surface area (Å²) in [5, 5.41) is 17.6. The van der Waals surface area contributed by atoms with Crippen LogP contribution in [0.25, 0.3) is 0 Å². The van der Waals surface area contributed by atoms with E-state index in [0.717, 1.165) is 0 Å². The topological polar surface area (TPSA) is 83.5 Å².